The van der Waals surface area contributed by atoms with Crippen molar-refractivity contribution < 1.29 is 19.0 Å². The third-order valence-corrected chi connectivity index (χ3v) is 2.36. The highest BCUT2D eigenvalue weighted by Crippen LogP contribution is 2.27. The van der Waals surface area contributed by atoms with Crippen LogP contribution in [0.1, 0.15) is 30.4 Å². The molecule has 0 unspecified atom stereocenters. The molecule has 0 spiro atoms. The molecule has 15 heavy (non-hydrogen) atoms. The monoisotopic (exact) mass is 212 g/mol. The van der Waals surface area contributed by atoms with Crippen LogP contribution in [0.5, 0.6) is 0 Å². The Morgan fingerprint density at radius 3 is 2.67 bits per heavy atom. The van der Waals surface area contributed by atoms with Crippen molar-refractivity contribution in [2.24, 2.45) is 0 Å². The fourth-order valence-electron chi connectivity index (χ4n) is 1.58. The van der Waals surface area contributed by atoms with Gasteiger partial charge >= 0.3 is 0 Å². The number of rotatable bonds is 2. The van der Waals surface area contributed by atoms with Crippen LogP contribution < -0.4 is 0 Å². The Hall–Kier alpha value is -0.970. The predicted molar refractivity (Wildman–Crippen MR) is 51.7 cm³/mol. The Balaban J connectivity index is 2.29. The van der Waals surface area contributed by atoms with Crippen molar-refractivity contribution in [2.75, 3.05) is 13.2 Å². The molecule has 1 heterocycles. The van der Waals surface area contributed by atoms with Crippen LogP contribution in [0.3, 0.4) is 0 Å². The molecule has 2 rings (SSSR count). The van der Waals surface area contributed by atoms with Gasteiger partial charge in [-0.25, -0.2) is 4.39 Å². The van der Waals surface area contributed by atoms with E-state index in [4.69, 9.17) is 9.47 Å². The van der Waals surface area contributed by atoms with Crippen molar-refractivity contribution in [2.45, 2.75) is 19.3 Å². The number of halogens is 1. The molecule has 3 nitrogen and oxygen atoms in total. The Morgan fingerprint density at radius 2 is 2.07 bits per heavy atom. The van der Waals surface area contributed by atoms with E-state index in [1.165, 1.54) is 13.0 Å². The molecule has 1 saturated heterocycles. The van der Waals surface area contributed by atoms with Crippen LogP contribution >= 0.6 is 0 Å². The lowest BCUT2D eigenvalue weighted by atomic mass is 10.1. The van der Waals surface area contributed by atoms with Crippen LogP contribution in [0.15, 0.2) is 18.2 Å². The zero-order valence-corrected chi connectivity index (χ0v) is 8.44. The summed E-state index contributed by atoms with van der Waals surface area (Å²) in [5.74, 6) is -0.410. The first-order chi connectivity index (χ1) is 7.18. The zero-order chi connectivity index (χ0) is 10.8. The van der Waals surface area contributed by atoms with Crippen LogP contribution in [-0.2, 0) is 9.47 Å². The molecule has 1 aliphatic heterocycles. The average molecular weight is 212 g/mol. The predicted octanol–water partition coefficient (Wildman–Crippen LogP) is 1.92. The van der Waals surface area contributed by atoms with E-state index in [-0.39, 0.29) is 5.56 Å². The SMILES string of the molecule is C[C@@H](O)c1cc(C2OCCO2)ccc1F. The van der Waals surface area contributed by atoms with E-state index < -0.39 is 18.2 Å². The highest BCUT2D eigenvalue weighted by atomic mass is 19.1. The summed E-state index contributed by atoms with van der Waals surface area (Å²) in [4.78, 5) is 0. The van der Waals surface area contributed by atoms with Crippen molar-refractivity contribution in [3.63, 3.8) is 0 Å². The van der Waals surface area contributed by atoms with Gasteiger partial charge in [-0.1, -0.05) is 6.07 Å². The van der Waals surface area contributed by atoms with Crippen LogP contribution in [-0.4, -0.2) is 18.3 Å². The molecule has 1 aromatic rings. The van der Waals surface area contributed by atoms with Crippen LogP contribution in [0.25, 0.3) is 0 Å². The fraction of sp³-hybridized carbons (Fsp3) is 0.455. The topological polar surface area (TPSA) is 38.7 Å². The van der Waals surface area contributed by atoms with Crippen LogP contribution in [0, 0.1) is 5.82 Å². The molecule has 82 valence electrons. The van der Waals surface area contributed by atoms with Gasteiger partial charge < -0.3 is 14.6 Å². The first kappa shape index (κ1) is 10.5. The van der Waals surface area contributed by atoms with Crippen molar-refractivity contribution >= 4 is 0 Å². The highest BCUT2D eigenvalue weighted by molar-refractivity contribution is 5.27. The summed E-state index contributed by atoms with van der Waals surface area (Å²) < 4.78 is 23.8. The molecule has 1 aromatic carbocycles. The van der Waals surface area contributed by atoms with E-state index >= 15 is 0 Å². The van der Waals surface area contributed by atoms with Crippen molar-refractivity contribution in [3.8, 4) is 0 Å². The van der Waals surface area contributed by atoms with E-state index in [0.29, 0.717) is 13.2 Å². The minimum absolute atomic E-state index is 0.270. The van der Waals surface area contributed by atoms with Gasteiger partial charge in [-0.05, 0) is 19.1 Å². The van der Waals surface area contributed by atoms with E-state index in [0.717, 1.165) is 5.56 Å². The number of hydrogen-bond acceptors (Lipinski definition) is 3. The molecule has 1 atom stereocenters. The molecule has 0 aliphatic carbocycles. The number of ether oxygens (including phenoxy) is 2. The van der Waals surface area contributed by atoms with Gasteiger partial charge in [0.25, 0.3) is 0 Å². The molecule has 0 radical (unpaired) electrons. The van der Waals surface area contributed by atoms with E-state index in [1.54, 1.807) is 12.1 Å². The van der Waals surface area contributed by atoms with Crippen molar-refractivity contribution in [1.29, 1.82) is 0 Å². The van der Waals surface area contributed by atoms with Gasteiger partial charge in [0.1, 0.15) is 5.82 Å². The average Bonchev–Trinajstić information content (AvgIpc) is 2.71. The maximum absolute atomic E-state index is 13.3. The fourth-order valence-corrected chi connectivity index (χ4v) is 1.58. The molecular formula is C11H13FO3. The Labute approximate surface area is 87.4 Å². The van der Waals surface area contributed by atoms with Crippen molar-refractivity contribution in [1.82, 2.24) is 0 Å². The summed E-state index contributed by atoms with van der Waals surface area (Å²) in [5.41, 5.74) is 1.01. The van der Waals surface area contributed by atoms with Gasteiger partial charge in [-0.3, -0.25) is 0 Å². The Bertz CT molecular complexity index is 346. The summed E-state index contributed by atoms with van der Waals surface area (Å²) in [7, 11) is 0. The largest absolute Gasteiger partial charge is 0.389 e. The Kier molecular flexibility index (Phi) is 3.00. The van der Waals surface area contributed by atoms with Gasteiger partial charge in [-0.15, -0.1) is 0 Å². The van der Waals surface area contributed by atoms with Crippen LogP contribution in [0.2, 0.25) is 0 Å². The Morgan fingerprint density at radius 1 is 1.40 bits per heavy atom. The molecule has 1 fully saturated rings. The van der Waals surface area contributed by atoms with Gasteiger partial charge in [-0.2, -0.15) is 0 Å². The molecule has 0 amide bonds. The van der Waals surface area contributed by atoms with Gasteiger partial charge in [0.05, 0.1) is 19.3 Å². The summed E-state index contributed by atoms with van der Waals surface area (Å²) in [6.07, 6.45) is -1.26. The molecule has 4 heteroatoms. The summed E-state index contributed by atoms with van der Waals surface area (Å²) in [6.45, 7) is 2.62. The molecular weight excluding hydrogens is 199 g/mol. The van der Waals surface area contributed by atoms with Gasteiger partial charge in [0, 0.05) is 11.1 Å². The van der Waals surface area contributed by atoms with E-state index in [1.807, 2.05) is 0 Å². The quantitative estimate of drug-likeness (QED) is 0.814. The highest BCUT2D eigenvalue weighted by Gasteiger charge is 2.20. The molecule has 1 aliphatic rings. The second-order valence-corrected chi connectivity index (χ2v) is 3.53. The maximum Gasteiger partial charge on any atom is 0.184 e. The van der Waals surface area contributed by atoms with E-state index in [9.17, 15) is 9.50 Å². The number of benzene rings is 1. The standard InChI is InChI=1S/C11H13FO3/c1-7(13)9-6-8(2-3-10(9)12)11-14-4-5-15-11/h2-3,6-7,11,13H,4-5H2,1H3/t7-/m1/s1. The third-order valence-electron chi connectivity index (χ3n) is 2.36. The maximum atomic E-state index is 13.3. The second kappa shape index (κ2) is 4.26. The number of hydrogen-bond donors (Lipinski definition) is 1. The molecule has 1 N–H and O–H groups in total. The summed E-state index contributed by atoms with van der Waals surface area (Å²) >= 11 is 0. The first-order valence-corrected chi connectivity index (χ1v) is 4.89. The lowest BCUT2D eigenvalue weighted by Gasteiger charge is -2.12. The minimum Gasteiger partial charge on any atom is -0.389 e. The molecule has 0 aromatic heterocycles. The molecule has 0 saturated carbocycles. The first-order valence-electron chi connectivity index (χ1n) is 4.89. The van der Waals surface area contributed by atoms with Crippen LogP contribution in [0.4, 0.5) is 4.39 Å². The second-order valence-electron chi connectivity index (χ2n) is 3.53. The van der Waals surface area contributed by atoms with E-state index in [2.05, 4.69) is 0 Å². The smallest absolute Gasteiger partial charge is 0.184 e. The minimum atomic E-state index is -0.827. The molecule has 0 bridgehead atoms. The number of aliphatic hydroxyl groups excluding tert-OH is 1. The van der Waals surface area contributed by atoms with Gasteiger partial charge in [0.2, 0.25) is 0 Å². The lowest BCUT2D eigenvalue weighted by Crippen LogP contribution is -2.02. The normalized spacial score (nSPS) is 19.4. The van der Waals surface area contributed by atoms with Gasteiger partial charge in [0.15, 0.2) is 6.29 Å². The van der Waals surface area contributed by atoms with Crippen molar-refractivity contribution in [3.05, 3.63) is 35.1 Å². The third kappa shape index (κ3) is 2.17. The zero-order valence-electron chi connectivity index (χ0n) is 8.44. The number of aliphatic hydroxyl groups is 1. The summed E-state index contributed by atoms with van der Waals surface area (Å²) in [6, 6.07) is 4.51. The summed E-state index contributed by atoms with van der Waals surface area (Å²) in [5, 5.41) is 9.35. The lowest BCUT2D eigenvalue weighted by molar-refractivity contribution is -0.0442.